The van der Waals surface area contributed by atoms with Crippen molar-refractivity contribution < 1.29 is 9.59 Å². The summed E-state index contributed by atoms with van der Waals surface area (Å²) in [7, 11) is 0. The second kappa shape index (κ2) is 12.0. The van der Waals surface area contributed by atoms with E-state index in [1.165, 1.54) is 56.1 Å². The van der Waals surface area contributed by atoms with E-state index in [-0.39, 0.29) is 18.0 Å². The maximum atomic E-state index is 12.3. The molecule has 0 unspecified atom stereocenters. The van der Waals surface area contributed by atoms with E-state index in [1.807, 2.05) is 24.3 Å². The van der Waals surface area contributed by atoms with Crippen LogP contribution in [0.4, 0.5) is 0 Å². The Morgan fingerprint density at radius 3 is 1.94 bits per heavy atom. The number of hydrogen-bond donors (Lipinski definition) is 0. The molecule has 0 spiro atoms. The fourth-order valence-electron chi connectivity index (χ4n) is 4.82. The fourth-order valence-corrected chi connectivity index (χ4v) is 4.82. The second-order valence-electron chi connectivity index (χ2n) is 9.30. The molecule has 0 atom stereocenters. The van der Waals surface area contributed by atoms with Crippen LogP contribution < -0.4 is 0 Å². The lowest BCUT2D eigenvalue weighted by molar-refractivity contribution is -0.118. The van der Waals surface area contributed by atoms with Crippen molar-refractivity contribution in [2.75, 3.05) is 0 Å². The Morgan fingerprint density at radius 2 is 1.35 bits per heavy atom. The normalized spacial score (nSPS) is 18.6. The molecule has 1 aliphatic rings. The molecule has 0 amide bonds. The van der Waals surface area contributed by atoms with Crippen molar-refractivity contribution in [3.63, 3.8) is 0 Å². The SMILES string of the molecule is CCCCC(=O)CC(=O)c1ccc(-c2ccc(C3CCC(CCCC)CC3)cc2)cc1. The van der Waals surface area contributed by atoms with E-state index < -0.39 is 0 Å². The molecule has 166 valence electrons. The smallest absolute Gasteiger partial charge is 0.170 e. The van der Waals surface area contributed by atoms with E-state index >= 15 is 0 Å². The Balaban J connectivity index is 1.55. The molecule has 2 nitrogen and oxygen atoms in total. The minimum Gasteiger partial charge on any atom is -0.299 e. The summed E-state index contributed by atoms with van der Waals surface area (Å²) in [5.41, 5.74) is 4.39. The van der Waals surface area contributed by atoms with Crippen molar-refractivity contribution in [2.45, 2.75) is 90.4 Å². The highest BCUT2D eigenvalue weighted by atomic mass is 16.1. The fraction of sp³-hybridized carbons (Fsp3) is 0.517. The zero-order chi connectivity index (χ0) is 22.1. The van der Waals surface area contributed by atoms with Crippen molar-refractivity contribution in [1.82, 2.24) is 0 Å². The highest BCUT2D eigenvalue weighted by Gasteiger charge is 2.22. The van der Waals surface area contributed by atoms with Crippen LogP contribution in [0.2, 0.25) is 0 Å². The first-order valence-electron chi connectivity index (χ1n) is 12.4. The number of ketones is 2. The summed E-state index contributed by atoms with van der Waals surface area (Å²) in [6, 6.07) is 16.7. The lowest BCUT2D eigenvalue weighted by Gasteiger charge is -2.29. The maximum Gasteiger partial charge on any atom is 0.170 e. The van der Waals surface area contributed by atoms with Crippen LogP contribution in [-0.2, 0) is 4.79 Å². The zero-order valence-electron chi connectivity index (χ0n) is 19.4. The first-order valence-corrected chi connectivity index (χ1v) is 12.4. The average molecular weight is 419 g/mol. The van der Waals surface area contributed by atoms with Crippen LogP contribution in [0.3, 0.4) is 0 Å². The van der Waals surface area contributed by atoms with Gasteiger partial charge in [-0.15, -0.1) is 0 Å². The van der Waals surface area contributed by atoms with Crippen LogP contribution in [0.25, 0.3) is 11.1 Å². The van der Waals surface area contributed by atoms with Gasteiger partial charge in [0.15, 0.2) is 5.78 Å². The van der Waals surface area contributed by atoms with E-state index in [2.05, 4.69) is 38.1 Å². The molecule has 0 saturated heterocycles. The molecular formula is C29H38O2. The molecule has 31 heavy (non-hydrogen) atoms. The van der Waals surface area contributed by atoms with Gasteiger partial charge in [-0.1, -0.05) is 88.1 Å². The molecule has 0 bridgehead atoms. The highest BCUT2D eigenvalue weighted by Crippen LogP contribution is 2.38. The van der Waals surface area contributed by atoms with Crippen LogP contribution in [0, 0.1) is 5.92 Å². The Hall–Kier alpha value is -2.22. The molecule has 1 saturated carbocycles. The van der Waals surface area contributed by atoms with Crippen molar-refractivity contribution in [2.24, 2.45) is 5.92 Å². The Labute approximate surface area is 188 Å². The van der Waals surface area contributed by atoms with Gasteiger partial charge in [0.2, 0.25) is 0 Å². The molecule has 3 rings (SSSR count). The largest absolute Gasteiger partial charge is 0.299 e. The average Bonchev–Trinajstić information content (AvgIpc) is 2.82. The predicted octanol–water partition coefficient (Wildman–Crippen LogP) is 8.15. The van der Waals surface area contributed by atoms with E-state index in [0.29, 0.717) is 17.9 Å². The molecule has 0 N–H and O–H groups in total. The summed E-state index contributed by atoms with van der Waals surface area (Å²) in [4.78, 5) is 24.2. The van der Waals surface area contributed by atoms with Crippen LogP contribution >= 0.6 is 0 Å². The number of benzene rings is 2. The van der Waals surface area contributed by atoms with Crippen LogP contribution in [0.15, 0.2) is 48.5 Å². The van der Waals surface area contributed by atoms with Gasteiger partial charge in [0.1, 0.15) is 5.78 Å². The van der Waals surface area contributed by atoms with Gasteiger partial charge in [0.05, 0.1) is 6.42 Å². The first-order chi connectivity index (χ1) is 15.1. The van der Waals surface area contributed by atoms with Gasteiger partial charge >= 0.3 is 0 Å². The van der Waals surface area contributed by atoms with Gasteiger partial charge < -0.3 is 0 Å². The Bertz CT molecular complexity index is 824. The minimum absolute atomic E-state index is 0.0226. The number of rotatable bonds is 11. The number of Topliss-reactive ketones (excluding diaryl/α,β-unsaturated/α-hetero) is 2. The topological polar surface area (TPSA) is 34.1 Å². The van der Waals surface area contributed by atoms with Crippen LogP contribution in [0.5, 0.6) is 0 Å². The minimum atomic E-state index is -0.0717. The molecular weight excluding hydrogens is 380 g/mol. The number of unbranched alkanes of at least 4 members (excludes halogenated alkanes) is 2. The standard InChI is InChI=1S/C29H38O2/c1-3-5-7-22-9-11-23(12-10-22)24-13-15-25(16-14-24)26-17-19-27(20-18-26)29(31)21-28(30)8-6-4-2/h13-20,22-23H,3-12,21H2,1-2H3. The zero-order valence-corrected chi connectivity index (χ0v) is 19.4. The van der Waals surface area contributed by atoms with Crippen molar-refractivity contribution in [1.29, 1.82) is 0 Å². The van der Waals surface area contributed by atoms with Crippen molar-refractivity contribution in [3.05, 3.63) is 59.7 Å². The van der Waals surface area contributed by atoms with E-state index in [9.17, 15) is 9.59 Å². The second-order valence-corrected chi connectivity index (χ2v) is 9.30. The number of carbonyl (C=O) groups excluding carboxylic acids is 2. The molecule has 2 aromatic carbocycles. The maximum absolute atomic E-state index is 12.3. The summed E-state index contributed by atoms with van der Waals surface area (Å²) >= 11 is 0. The molecule has 1 fully saturated rings. The summed E-state index contributed by atoms with van der Waals surface area (Å²) in [6.07, 6.45) is 11.9. The summed E-state index contributed by atoms with van der Waals surface area (Å²) in [5, 5.41) is 0. The summed E-state index contributed by atoms with van der Waals surface area (Å²) in [6.45, 7) is 4.34. The number of carbonyl (C=O) groups is 2. The van der Waals surface area contributed by atoms with Gasteiger partial charge in [-0.2, -0.15) is 0 Å². The van der Waals surface area contributed by atoms with E-state index in [0.717, 1.165) is 24.3 Å². The molecule has 2 aromatic rings. The summed E-state index contributed by atoms with van der Waals surface area (Å²) < 4.78 is 0. The molecule has 0 aromatic heterocycles. The van der Waals surface area contributed by atoms with E-state index in [1.54, 1.807) is 0 Å². The Morgan fingerprint density at radius 1 is 0.774 bits per heavy atom. The summed E-state index contributed by atoms with van der Waals surface area (Å²) in [5.74, 6) is 1.62. The van der Waals surface area contributed by atoms with Crippen molar-refractivity contribution >= 4 is 11.6 Å². The van der Waals surface area contributed by atoms with Crippen molar-refractivity contribution in [3.8, 4) is 11.1 Å². The third-order valence-electron chi connectivity index (χ3n) is 6.90. The van der Waals surface area contributed by atoms with Crippen LogP contribution in [0.1, 0.15) is 106 Å². The monoisotopic (exact) mass is 418 g/mol. The molecule has 0 aliphatic heterocycles. The van der Waals surface area contributed by atoms with Gasteiger partial charge in [0.25, 0.3) is 0 Å². The molecule has 0 heterocycles. The molecule has 0 radical (unpaired) electrons. The predicted molar refractivity (Wildman–Crippen MR) is 130 cm³/mol. The highest BCUT2D eigenvalue weighted by molar-refractivity contribution is 6.08. The Kier molecular flexibility index (Phi) is 9.06. The van der Waals surface area contributed by atoms with Gasteiger partial charge in [0, 0.05) is 12.0 Å². The quantitative estimate of drug-likeness (QED) is 0.272. The molecule has 1 aliphatic carbocycles. The first kappa shape index (κ1) is 23.4. The lowest BCUT2D eigenvalue weighted by Crippen LogP contribution is -2.13. The number of hydrogen-bond acceptors (Lipinski definition) is 2. The van der Waals surface area contributed by atoms with E-state index in [4.69, 9.17) is 0 Å². The third kappa shape index (κ3) is 6.89. The van der Waals surface area contributed by atoms with Gasteiger partial charge in [-0.25, -0.2) is 0 Å². The van der Waals surface area contributed by atoms with Gasteiger partial charge in [-0.3, -0.25) is 9.59 Å². The lowest BCUT2D eigenvalue weighted by atomic mass is 9.77. The third-order valence-corrected chi connectivity index (χ3v) is 6.90. The molecule has 2 heteroatoms. The van der Waals surface area contributed by atoms with Crippen LogP contribution in [-0.4, -0.2) is 11.6 Å². The van der Waals surface area contributed by atoms with Gasteiger partial charge in [-0.05, 0) is 60.6 Å².